The zero-order valence-corrected chi connectivity index (χ0v) is 24.9. The van der Waals surface area contributed by atoms with E-state index in [1.54, 1.807) is 70.4 Å². The molecule has 0 unspecified atom stereocenters. The van der Waals surface area contributed by atoms with Crippen molar-refractivity contribution < 1.29 is 28.2 Å². The average Bonchev–Trinajstić information content (AvgIpc) is 3.55. The molecule has 1 atom stereocenters. The van der Waals surface area contributed by atoms with Gasteiger partial charge >= 0.3 is 11.9 Å². The molecule has 0 saturated carbocycles. The van der Waals surface area contributed by atoms with Gasteiger partial charge in [-0.1, -0.05) is 29.5 Å². The van der Waals surface area contributed by atoms with E-state index in [4.69, 9.17) is 18.6 Å². The number of methoxy groups -OCH3 is 2. The van der Waals surface area contributed by atoms with Gasteiger partial charge in [0.05, 0.1) is 47.7 Å². The van der Waals surface area contributed by atoms with E-state index in [-0.39, 0.29) is 11.7 Å². The maximum Gasteiger partial charge on any atom is 0.338 e. The molecule has 1 aliphatic rings. The Balaban J connectivity index is 1.60. The molecular formula is C32H30N2O7S. The van der Waals surface area contributed by atoms with Gasteiger partial charge in [-0.05, 0) is 75.2 Å². The summed E-state index contributed by atoms with van der Waals surface area (Å²) in [5.41, 5.74) is 3.25. The van der Waals surface area contributed by atoms with E-state index >= 15 is 0 Å². The van der Waals surface area contributed by atoms with Crippen molar-refractivity contribution in [3.05, 3.63) is 108 Å². The van der Waals surface area contributed by atoms with E-state index in [1.165, 1.54) is 23.0 Å². The minimum Gasteiger partial charge on any atom is -0.497 e. The van der Waals surface area contributed by atoms with E-state index in [2.05, 4.69) is 4.99 Å². The molecular weight excluding hydrogens is 556 g/mol. The summed E-state index contributed by atoms with van der Waals surface area (Å²) in [4.78, 5) is 44.2. The fourth-order valence-corrected chi connectivity index (χ4v) is 5.90. The van der Waals surface area contributed by atoms with Crippen molar-refractivity contribution in [2.75, 3.05) is 14.2 Å². The highest BCUT2D eigenvalue weighted by molar-refractivity contribution is 7.07. The molecule has 5 rings (SSSR count). The van der Waals surface area contributed by atoms with Crippen LogP contribution in [0.2, 0.25) is 0 Å². The average molecular weight is 587 g/mol. The Morgan fingerprint density at radius 2 is 1.83 bits per heavy atom. The standard InChI is InChI=1S/C32H30N2O7S/c1-17(2)40-31(37)27-19(4)33-32-34(28(27)20-8-7-9-22(15-20)38-5)29(35)26(42-32)16-23-11-13-25(41-23)24-12-10-21(14-18(24)3)30(36)39-6/h7-17,28H,1-6H3/b26-16-/t28-/m1/s1. The summed E-state index contributed by atoms with van der Waals surface area (Å²) < 4.78 is 23.8. The number of benzene rings is 2. The lowest BCUT2D eigenvalue weighted by molar-refractivity contribution is -0.143. The molecule has 216 valence electrons. The van der Waals surface area contributed by atoms with Gasteiger partial charge in [0.1, 0.15) is 17.3 Å². The van der Waals surface area contributed by atoms with E-state index in [0.717, 1.165) is 11.1 Å². The molecule has 9 nitrogen and oxygen atoms in total. The summed E-state index contributed by atoms with van der Waals surface area (Å²) in [6.07, 6.45) is 1.32. The fourth-order valence-electron chi connectivity index (χ4n) is 4.88. The number of aromatic nitrogens is 1. The first kappa shape index (κ1) is 28.8. The molecule has 0 fully saturated rings. The first-order chi connectivity index (χ1) is 20.1. The molecule has 10 heteroatoms. The number of fused-ring (bicyclic) bond motifs is 1. The zero-order chi connectivity index (χ0) is 30.1. The van der Waals surface area contributed by atoms with Crippen LogP contribution in [0.4, 0.5) is 0 Å². The zero-order valence-electron chi connectivity index (χ0n) is 24.1. The number of ether oxygens (including phenoxy) is 3. The van der Waals surface area contributed by atoms with E-state index in [0.29, 0.717) is 49.0 Å². The highest BCUT2D eigenvalue weighted by Crippen LogP contribution is 2.33. The van der Waals surface area contributed by atoms with Crippen LogP contribution < -0.4 is 19.6 Å². The van der Waals surface area contributed by atoms with Gasteiger partial charge in [-0.15, -0.1) is 0 Å². The van der Waals surface area contributed by atoms with Crippen molar-refractivity contribution in [1.29, 1.82) is 0 Å². The summed E-state index contributed by atoms with van der Waals surface area (Å²) in [5.74, 6) is 0.714. The third kappa shape index (κ3) is 5.45. The number of allylic oxidation sites excluding steroid dienone is 1. The summed E-state index contributed by atoms with van der Waals surface area (Å²) in [6, 6.07) is 15.3. The van der Waals surface area contributed by atoms with Crippen LogP contribution in [0.5, 0.6) is 5.75 Å². The number of rotatable bonds is 7. The second-order valence-corrected chi connectivity index (χ2v) is 11.0. The lowest BCUT2D eigenvalue weighted by atomic mass is 9.95. The number of nitrogens with zero attached hydrogens (tertiary/aromatic N) is 2. The van der Waals surface area contributed by atoms with Gasteiger partial charge in [0.15, 0.2) is 4.80 Å². The number of hydrogen-bond acceptors (Lipinski definition) is 9. The third-order valence-corrected chi connectivity index (χ3v) is 7.79. The van der Waals surface area contributed by atoms with Crippen molar-refractivity contribution >= 4 is 29.4 Å². The molecule has 0 bridgehead atoms. The van der Waals surface area contributed by atoms with Crippen LogP contribution in [0.15, 0.2) is 80.1 Å². The molecule has 2 aromatic carbocycles. The van der Waals surface area contributed by atoms with Gasteiger partial charge in [0, 0.05) is 11.6 Å². The number of esters is 2. The highest BCUT2D eigenvalue weighted by Gasteiger charge is 2.34. The first-order valence-electron chi connectivity index (χ1n) is 13.3. The van der Waals surface area contributed by atoms with Crippen molar-refractivity contribution in [3.8, 4) is 17.1 Å². The topological polar surface area (TPSA) is 109 Å². The normalized spacial score (nSPS) is 14.9. The Morgan fingerprint density at radius 3 is 2.52 bits per heavy atom. The van der Waals surface area contributed by atoms with Crippen LogP contribution in [0.3, 0.4) is 0 Å². The van der Waals surface area contributed by atoms with E-state index in [9.17, 15) is 14.4 Å². The molecule has 3 heterocycles. The minimum atomic E-state index is -0.757. The molecule has 42 heavy (non-hydrogen) atoms. The third-order valence-electron chi connectivity index (χ3n) is 6.81. The van der Waals surface area contributed by atoms with E-state index < -0.39 is 18.0 Å². The van der Waals surface area contributed by atoms with Crippen LogP contribution >= 0.6 is 11.3 Å². The Morgan fingerprint density at radius 1 is 1.05 bits per heavy atom. The summed E-state index contributed by atoms with van der Waals surface area (Å²) in [6.45, 7) is 7.17. The first-order valence-corrected chi connectivity index (χ1v) is 14.1. The Hall–Kier alpha value is -4.70. The molecule has 0 aliphatic carbocycles. The number of furan rings is 1. The molecule has 2 aromatic heterocycles. The van der Waals surface area contributed by atoms with E-state index in [1.807, 2.05) is 25.1 Å². The number of aryl methyl sites for hydroxylation is 1. The predicted octanol–water partition coefficient (Wildman–Crippen LogP) is 4.55. The Labute approximate surface area is 246 Å². The monoisotopic (exact) mass is 586 g/mol. The van der Waals surface area contributed by atoms with Gasteiger partial charge in [-0.2, -0.15) is 0 Å². The Bertz CT molecular complexity index is 1910. The van der Waals surface area contributed by atoms with Crippen LogP contribution in [-0.4, -0.2) is 36.8 Å². The van der Waals surface area contributed by atoms with Gasteiger partial charge < -0.3 is 18.6 Å². The smallest absolute Gasteiger partial charge is 0.338 e. The summed E-state index contributed by atoms with van der Waals surface area (Å²) in [5, 5.41) is 0. The predicted molar refractivity (Wildman–Crippen MR) is 158 cm³/mol. The van der Waals surface area contributed by atoms with Gasteiger partial charge in [0.25, 0.3) is 5.56 Å². The highest BCUT2D eigenvalue weighted by atomic mass is 32.1. The second kappa shape index (κ2) is 11.7. The van der Waals surface area contributed by atoms with Crippen LogP contribution in [0.25, 0.3) is 17.4 Å². The number of hydrogen-bond donors (Lipinski definition) is 0. The lowest BCUT2D eigenvalue weighted by Gasteiger charge is -2.25. The second-order valence-electron chi connectivity index (χ2n) is 10.0. The minimum absolute atomic E-state index is 0.294. The number of thiazole rings is 1. The fraction of sp³-hybridized carbons (Fsp3) is 0.250. The summed E-state index contributed by atoms with van der Waals surface area (Å²) >= 11 is 1.21. The maximum absolute atomic E-state index is 13.9. The van der Waals surface area contributed by atoms with Crippen LogP contribution in [0, 0.1) is 6.92 Å². The van der Waals surface area contributed by atoms with Crippen molar-refractivity contribution in [3.63, 3.8) is 0 Å². The molecule has 1 aliphatic heterocycles. The summed E-state index contributed by atoms with van der Waals surface area (Å²) in [7, 11) is 2.90. The molecule has 0 spiro atoms. The molecule has 0 radical (unpaired) electrons. The number of carbonyl (C=O) groups is 2. The maximum atomic E-state index is 13.9. The van der Waals surface area contributed by atoms with Crippen molar-refractivity contribution in [1.82, 2.24) is 4.57 Å². The van der Waals surface area contributed by atoms with Gasteiger partial charge in [0.2, 0.25) is 0 Å². The van der Waals surface area contributed by atoms with Crippen LogP contribution in [0.1, 0.15) is 54.1 Å². The molecule has 4 aromatic rings. The van der Waals surface area contributed by atoms with Crippen LogP contribution in [-0.2, 0) is 14.3 Å². The number of carbonyl (C=O) groups excluding carboxylic acids is 2. The largest absolute Gasteiger partial charge is 0.497 e. The quantitative estimate of drug-likeness (QED) is 0.292. The Kier molecular flexibility index (Phi) is 8.00. The molecule has 0 amide bonds. The molecule has 0 saturated heterocycles. The van der Waals surface area contributed by atoms with Gasteiger partial charge in [-0.3, -0.25) is 9.36 Å². The van der Waals surface area contributed by atoms with Gasteiger partial charge in [-0.25, -0.2) is 14.6 Å². The van der Waals surface area contributed by atoms with Crippen molar-refractivity contribution in [2.24, 2.45) is 4.99 Å². The van der Waals surface area contributed by atoms with Crippen molar-refractivity contribution in [2.45, 2.75) is 39.8 Å². The SMILES string of the molecule is COC(=O)c1ccc(-c2ccc(/C=c3\sc4n(c3=O)[C@H](c3cccc(OC)c3)C(C(=O)OC(C)C)=C(C)N=4)o2)c(C)c1. The molecule has 0 N–H and O–H groups in total. The lowest BCUT2D eigenvalue weighted by Crippen LogP contribution is -2.40.